The number of H-pyrrole nitrogens is 1. The molecule has 1 unspecified atom stereocenters. The number of rotatable bonds is 5. The van der Waals surface area contributed by atoms with Crippen LogP contribution >= 0.6 is 0 Å². The number of morpholine rings is 1. The van der Waals surface area contributed by atoms with Gasteiger partial charge in [-0.05, 0) is 30.5 Å². The van der Waals surface area contributed by atoms with Crippen molar-refractivity contribution in [2.24, 2.45) is 0 Å². The average molecular weight is 340 g/mol. The summed E-state index contributed by atoms with van der Waals surface area (Å²) in [6, 6.07) is 9.69. The van der Waals surface area contributed by atoms with Crippen LogP contribution in [0, 0.1) is 0 Å². The quantitative estimate of drug-likeness (QED) is 0.909. The number of ether oxygens (including phenoxy) is 1. The van der Waals surface area contributed by atoms with Gasteiger partial charge in [-0.25, -0.2) is 0 Å². The molecule has 0 radical (unpaired) electrons. The van der Waals surface area contributed by atoms with Gasteiger partial charge in [-0.15, -0.1) is 0 Å². The fourth-order valence-electron chi connectivity index (χ4n) is 4.00. The van der Waals surface area contributed by atoms with E-state index in [1.165, 1.54) is 42.5 Å². The van der Waals surface area contributed by atoms with Crippen molar-refractivity contribution in [3.63, 3.8) is 0 Å². The Labute approximate surface area is 150 Å². The number of nitrogens with zero attached hydrogens (tertiary/aromatic N) is 3. The Morgan fingerprint density at radius 2 is 1.76 bits per heavy atom. The molecule has 0 amide bonds. The minimum absolute atomic E-state index is 0.500. The zero-order valence-corrected chi connectivity index (χ0v) is 14.9. The van der Waals surface area contributed by atoms with Crippen LogP contribution in [0.15, 0.2) is 36.7 Å². The Hall–Kier alpha value is -1.69. The van der Waals surface area contributed by atoms with Gasteiger partial charge in [0, 0.05) is 44.0 Å². The van der Waals surface area contributed by atoms with Crippen LogP contribution in [0.5, 0.6) is 0 Å². The minimum atomic E-state index is 0.500. The number of aromatic amines is 1. The fourth-order valence-corrected chi connectivity index (χ4v) is 4.00. The number of benzene rings is 1. The van der Waals surface area contributed by atoms with Crippen molar-refractivity contribution in [1.82, 2.24) is 20.0 Å². The standard InChI is InChI=1S/C20H28N4O/c1-2-8-24(20(3-1)19-13-21-22-14-19)16-18-6-4-17(5-7-18)15-23-9-11-25-12-10-23/h4-7,13-14,20H,1-3,8-12,15-16H2,(H,21,22). The molecule has 2 fully saturated rings. The molecule has 2 aliphatic heterocycles. The van der Waals surface area contributed by atoms with Gasteiger partial charge in [0.1, 0.15) is 0 Å². The van der Waals surface area contributed by atoms with E-state index in [1.807, 2.05) is 6.20 Å². The molecule has 4 rings (SSSR count). The molecular formula is C20H28N4O. The molecule has 1 aromatic heterocycles. The third-order valence-corrected chi connectivity index (χ3v) is 5.44. The highest BCUT2D eigenvalue weighted by Gasteiger charge is 2.24. The van der Waals surface area contributed by atoms with Gasteiger partial charge >= 0.3 is 0 Å². The highest BCUT2D eigenvalue weighted by molar-refractivity contribution is 5.23. The normalized spacial score (nSPS) is 23.0. The average Bonchev–Trinajstić information content (AvgIpc) is 3.19. The zero-order valence-electron chi connectivity index (χ0n) is 14.9. The first kappa shape index (κ1) is 16.8. The number of nitrogens with one attached hydrogen (secondary N) is 1. The lowest BCUT2D eigenvalue weighted by molar-refractivity contribution is 0.0342. The Bertz CT molecular complexity index is 634. The molecular weight excluding hydrogens is 312 g/mol. The second kappa shape index (κ2) is 8.13. The van der Waals surface area contributed by atoms with Crippen molar-refractivity contribution >= 4 is 0 Å². The number of likely N-dealkylation sites (tertiary alicyclic amines) is 1. The van der Waals surface area contributed by atoms with E-state index in [0.717, 1.165) is 39.4 Å². The largest absolute Gasteiger partial charge is 0.379 e. The first-order valence-corrected chi connectivity index (χ1v) is 9.49. The summed E-state index contributed by atoms with van der Waals surface area (Å²) in [7, 11) is 0. The van der Waals surface area contributed by atoms with Crippen LogP contribution in [0.1, 0.15) is 42.0 Å². The molecule has 1 aromatic carbocycles. The van der Waals surface area contributed by atoms with Crippen LogP contribution in [-0.2, 0) is 17.8 Å². The molecule has 5 heteroatoms. The van der Waals surface area contributed by atoms with Gasteiger partial charge in [-0.2, -0.15) is 5.10 Å². The number of hydrogen-bond acceptors (Lipinski definition) is 4. The lowest BCUT2D eigenvalue weighted by atomic mass is 9.96. The van der Waals surface area contributed by atoms with Gasteiger partial charge in [0.2, 0.25) is 0 Å². The summed E-state index contributed by atoms with van der Waals surface area (Å²) in [4.78, 5) is 5.07. The van der Waals surface area contributed by atoms with Crippen LogP contribution in [-0.4, -0.2) is 52.8 Å². The molecule has 3 heterocycles. The van der Waals surface area contributed by atoms with Gasteiger partial charge in [-0.3, -0.25) is 14.9 Å². The number of hydrogen-bond donors (Lipinski definition) is 1. The monoisotopic (exact) mass is 340 g/mol. The zero-order chi connectivity index (χ0) is 16.9. The molecule has 5 nitrogen and oxygen atoms in total. The predicted molar refractivity (Wildman–Crippen MR) is 98.1 cm³/mol. The second-order valence-electron chi connectivity index (χ2n) is 7.22. The topological polar surface area (TPSA) is 44.4 Å². The van der Waals surface area contributed by atoms with Crippen molar-refractivity contribution in [2.45, 2.75) is 38.4 Å². The predicted octanol–water partition coefficient (Wildman–Crippen LogP) is 2.97. The van der Waals surface area contributed by atoms with E-state index in [1.54, 1.807) is 0 Å². The van der Waals surface area contributed by atoms with Gasteiger partial charge in [0.15, 0.2) is 0 Å². The van der Waals surface area contributed by atoms with Gasteiger partial charge in [-0.1, -0.05) is 30.7 Å². The van der Waals surface area contributed by atoms with E-state index in [9.17, 15) is 0 Å². The first-order valence-electron chi connectivity index (χ1n) is 9.49. The molecule has 1 N–H and O–H groups in total. The van der Waals surface area contributed by atoms with Gasteiger partial charge in [0.25, 0.3) is 0 Å². The summed E-state index contributed by atoms with van der Waals surface area (Å²) in [6.45, 7) is 7.04. The van der Waals surface area contributed by atoms with Crippen molar-refractivity contribution in [2.75, 3.05) is 32.8 Å². The molecule has 2 aliphatic rings. The SMILES string of the molecule is c1cc(CN2CCCCC2c2cn[nH]c2)ccc1CN1CCOCC1. The summed E-state index contributed by atoms with van der Waals surface area (Å²) < 4.78 is 5.43. The van der Waals surface area contributed by atoms with E-state index in [4.69, 9.17) is 4.74 Å². The maximum absolute atomic E-state index is 5.43. The van der Waals surface area contributed by atoms with E-state index < -0.39 is 0 Å². The van der Waals surface area contributed by atoms with Crippen molar-refractivity contribution in [3.05, 3.63) is 53.3 Å². The van der Waals surface area contributed by atoms with Crippen LogP contribution < -0.4 is 0 Å². The fraction of sp³-hybridized carbons (Fsp3) is 0.550. The van der Waals surface area contributed by atoms with Crippen molar-refractivity contribution < 1.29 is 4.74 Å². The van der Waals surface area contributed by atoms with Crippen molar-refractivity contribution in [1.29, 1.82) is 0 Å². The molecule has 2 saturated heterocycles. The van der Waals surface area contributed by atoms with Gasteiger partial charge in [0.05, 0.1) is 19.4 Å². The minimum Gasteiger partial charge on any atom is -0.379 e. The highest BCUT2D eigenvalue weighted by atomic mass is 16.5. The van der Waals surface area contributed by atoms with Crippen molar-refractivity contribution in [3.8, 4) is 0 Å². The third kappa shape index (κ3) is 4.29. The third-order valence-electron chi connectivity index (χ3n) is 5.44. The van der Waals surface area contributed by atoms with Gasteiger partial charge < -0.3 is 4.74 Å². The maximum Gasteiger partial charge on any atom is 0.0594 e. The molecule has 0 saturated carbocycles. The summed E-state index contributed by atoms with van der Waals surface area (Å²) in [5, 5.41) is 7.11. The highest BCUT2D eigenvalue weighted by Crippen LogP contribution is 2.31. The lowest BCUT2D eigenvalue weighted by Crippen LogP contribution is -2.35. The van der Waals surface area contributed by atoms with E-state index >= 15 is 0 Å². The Kier molecular flexibility index (Phi) is 5.45. The Morgan fingerprint density at radius 1 is 1.00 bits per heavy atom. The number of aromatic nitrogens is 2. The maximum atomic E-state index is 5.43. The van der Waals surface area contributed by atoms with Crippen LogP contribution in [0.2, 0.25) is 0 Å². The molecule has 25 heavy (non-hydrogen) atoms. The smallest absolute Gasteiger partial charge is 0.0594 e. The van der Waals surface area contributed by atoms with E-state index in [0.29, 0.717) is 6.04 Å². The molecule has 1 atom stereocenters. The molecule has 0 spiro atoms. The van der Waals surface area contributed by atoms with Crippen LogP contribution in [0.3, 0.4) is 0 Å². The molecule has 134 valence electrons. The molecule has 2 aromatic rings. The molecule has 0 aliphatic carbocycles. The second-order valence-corrected chi connectivity index (χ2v) is 7.22. The Balaban J connectivity index is 1.38. The van der Waals surface area contributed by atoms with Crippen LogP contribution in [0.25, 0.3) is 0 Å². The van der Waals surface area contributed by atoms with E-state index in [-0.39, 0.29) is 0 Å². The van der Waals surface area contributed by atoms with E-state index in [2.05, 4.69) is 50.5 Å². The molecule has 0 bridgehead atoms. The van der Waals surface area contributed by atoms with Crippen LogP contribution in [0.4, 0.5) is 0 Å². The summed E-state index contributed by atoms with van der Waals surface area (Å²) in [5.41, 5.74) is 4.13. The summed E-state index contributed by atoms with van der Waals surface area (Å²) in [5.74, 6) is 0. The summed E-state index contributed by atoms with van der Waals surface area (Å²) in [6.07, 6.45) is 7.87. The first-order chi connectivity index (χ1) is 12.4. The summed E-state index contributed by atoms with van der Waals surface area (Å²) >= 11 is 0. The Morgan fingerprint density at radius 3 is 2.48 bits per heavy atom. The number of piperidine rings is 1. The lowest BCUT2D eigenvalue weighted by Gasteiger charge is -2.35.